The molecule has 0 aliphatic heterocycles. The quantitative estimate of drug-likeness (QED) is 0.327. The van der Waals surface area contributed by atoms with E-state index < -0.39 is 6.80 Å². The normalized spacial score (nSPS) is 13.3. The Hall–Kier alpha value is -0.0300. The Kier molecular flexibility index (Phi) is 9.20. The maximum atomic E-state index is 12.8. The zero-order chi connectivity index (χ0) is 17.5. The van der Waals surface area contributed by atoms with Crippen LogP contribution in [0.5, 0.6) is 5.75 Å². The van der Waals surface area contributed by atoms with Crippen molar-refractivity contribution in [2.75, 3.05) is 19.5 Å². The molecule has 1 aromatic rings. The van der Waals surface area contributed by atoms with E-state index in [2.05, 4.69) is 0 Å². The van der Waals surface area contributed by atoms with Gasteiger partial charge in [0.15, 0.2) is 5.76 Å². The maximum Gasteiger partial charge on any atom is 0.440 e. The summed E-state index contributed by atoms with van der Waals surface area (Å²) in [6, 6.07) is 4.87. The lowest BCUT2D eigenvalue weighted by Crippen LogP contribution is -1.96. The third kappa shape index (κ3) is 6.41. The highest BCUT2D eigenvalue weighted by Gasteiger charge is 2.29. The van der Waals surface area contributed by atoms with Crippen molar-refractivity contribution < 1.29 is 18.3 Å². The van der Waals surface area contributed by atoms with Gasteiger partial charge in [0.1, 0.15) is 10.2 Å². The third-order valence-electron chi connectivity index (χ3n) is 2.53. The zero-order valence-electron chi connectivity index (χ0n) is 13.0. The van der Waals surface area contributed by atoms with Crippen molar-refractivity contribution in [1.29, 1.82) is 0 Å². The van der Waals surface area contributed by atoms with Crippen molar-refractivity contribution in [2.45, 2.75) is 20.3 Å². The molecule has 0 heterocycles. The molecule has 1 atom stereocenters. The van der Waals surface area contributed by atoms with Crippen molar-refractivity contribution in [2.24, 2.45) is 0 Å². The number of methoxy groups -OCH3 is 1. The first-order chi connectivity index (χ1) is 10.9. The smallest absolute Gasteiger partial charge is 0.440 e. The Morgan fingerprint density at radius 3 is 2.48 bits per heavy atom. The van der Waals surface area contributed by atoms with Crippen molar-refractivity contribution in [1.82, 2.24) is 0 Å². The number of ether oxygens (including phenoxy) is 1. The molecule has 9 heteroatoms. The highest BCUT2D eigenvalue weighted by atomic mass is 35.5. The molecule has 130 valence electrons. The van der Waals surface area contributed by atoms with Gasteiger partial charge in [0.25, 0.3) is 0 Å². The number of hydrogen-bond acceptors (Lipinski definition) is 5. The Morgan fingerprint density at radius 1 is 1.30 bits per heavy atom. The molecule has 1 unspecified atom stereocenters. The second-order valence-corrected chi connectivity index (χ2v) is 9.70. The van der Waals surface area contributed by atoms with Crippen LogP contribution >= 0.6 is 53.0 Å². The summed E-state index contributed by atoms with van der Waals surface area (Å²) >= 11 is 19.0. The Balaban J connectivity index is 3.14. The Bertz CT molecular complexity index is 606. The van der Waals surface area contributed by atoms with Crippen LogP contribution in [0.1, 0.15) is 25.8 Å². The van der Waals surface area contributed by atoms with E-state index in [0.717, 1.165) is 17.8 Å². The topological polar surface area (TPSA) is 44.8 Å². The first-order valence-electron chi connectivity index (χ1n) is 6.84. The van der Waals surface area contributed by atoms with E-state index in [0.29, 0.717) is 22.1 Å². The summed E-state index contributed by atoms with van der Waals surface area (Å²) in [5.41, 5.74) is 0.479. The van der Waals surface area contributed by atoms with Gasteiger partial charge in [-0.3, -0.25) is 4.52 Å². The van der Waals surface area contributed by atoms with Gasteiger partial charge >= 0.3 is 6.80 Å². The van der Waals surface area contributed by atoms with Crippen LogP contribution in [-0.4, -0.2) is 19.5 Å². The van der Waals surface area contributed by atoms with E-state index >= 15 is 0 Å². The molecule has 4 nitrogen and oxygen atoms in total. The van der Waals surface area contributed by atoms with Crippen LogP contribution in [-0.2, 0) is 13.6 Å². The monoisotopic (exact) mass is 418 g/mol. The van der Waals surface area contributed by atoms with Crippen molar-refractivity contribution in [3.8, 4) is 5.75 Å². The predicted octanol–water partition coefficient (Wildman–Crippen LogP) is 6.76. The summed E-state index contributed by atoms with van der Waals surface area (Å²) in [6.07, 6.45) is 0.826. The standard InChI is InChI=1S/C14H18Cl3O4PS/c1-4-8-23-22(18,20-5-2)21-13(14(16)17)10-6-7-12(19-3)11(15)9-10/h6-7,9H,4-5,8H2,1-3H3. The molecular formula is C14H18Cl3O4PS. The van der Waals surface area contributed by atoms with Gasteiger partial charge in [-0.2, -0.15) is 0 Å². The van der Waals surface area contributed by atoms with Crippen LogP contribution in [0.25, 0.3) is 5.76 Å². The first-order valence-corrected chi connectivity index (χ1v) is 11.1. The molecule has 0 saturated heterocycles. The fourth-order valence-electron chi connectivity index (χ4n) is 1.57. The van der Waals surface area contributed by atoms with E-state index in [9.17, 15) is 4.57 Å². The highest BCUT2D eigenvalue weighted by molar-refractivity contribution is 8.55. The minimum absolute atomic E-state index is 0.0540. The van der Waals surface area contributed by atoms with Gasteiger partial charge in [-0.05, 0) is 42.9 Å². The number of hydrogen-bond donors (Lipinski definition) is 0. The van der Waals surface area contributed by atoms with Crippen LogP contribution < -0.4 is 4.74 Å². The summed E-state index contributed by atoms with van der Waals surface area (Å²) in [7, 11) is 1.51. The lowest BCUT2D eigenvalue weighted by atomic mass is 10.2. The van der Waals surface area contributed by atoms with Gasteiger partial charge in [0.2, 0.25) is 0 Å². The Labute approximate surface area is 155 Å². The summed E-state index contributed by atoms with van der Waals surface area (Å²) in [6.45, 7) is 0.516. The second kappa shape index (κ2) is 10.1. The molecule has 0 aromatic heterocycles. The summed E-state index contributed by atoms with van der Waals surface area (Å²) in [5, 5.41) is 0.355. The van der Waals surface area contributed by atoms with Crippen LogP contribution in [0.15, 0.2) is 22.7 Å². The van der Waals surface area contributed by atoms with E-state index in [-0.39, 0.29) is 16.9 Å². The molecule has 1 rings (SSSR count). The number of benzene rings is 1. The van der Waals surface area contributed by atoms with Crippen molar-refractivity contribution in [3.05, 3.63) is 33.3 Å². The fraction of sp³-hybridized carbons (Fsp3) is 0.429. The molecular weight excluding hydrogens is 402 g/mol. The van der Waals surface area contributed by atoms with Gasteiger partial charge in [-0.15, -0.1) is 0 Å². The number of halogens is 3. The van der Waals surface area contributed by atoms with Crippen molar-refractivity contribution in [3.63, 3.8) is 0 Å². The number of rotatable bonds is 9. The van der Waals surface area contributed by atoms with Crippen LogP contribution in [0, 0.1) is 0 Å². The molecule has 0 aliphatic carbocycles. The van der Waals surface area contributed by atoms with Gasteiger partial charge < -0.3 is 9.26 Å². The molecule has 23 heavy (non-hydrogen) atoms. The minimum atomic E-state index is -3.43. The molecule has 1 aromatic carbocycles. The average Bonchev–Trinajstić information content (AvgIpc) is 2.51. The van der Waals surface area contributed by atoms with E-state index in [1.807, 2.05) is 6.92 Å². The second-order valence-electron chi connectivity index (χ2n) is 4.23. The molecule has 0 radical (unpaired) electrons. The average molecular weight is 420 g/mol. The summed E-state index contributed by atoms with van der Waals surface area (Å²) in [4.78, 5) is 0. The molecule has 0 amide bonds. The van der Waals surface area contributed by atoms with Crippen LogP contribution in [0.2, 0.25) is 5.02 Å². The molecule has 0 aliphatic rings. The lowest BCUT2D eigenvalue weighted by Gasteiger charge is -2.20. The van der Waals surface area contributed by atoms with Crippen LogP contribution in [0.3, 0.4) is 0 Å². The largest absolute Gasteiger partial charge is 0.495 e. The zero-order valence-corrected chi connectivity index (χ0v) is 17.0. The lowest BCUT2D eigenvalue weighted by molar-refractivity contribution is 0.287. The fourth-order valence-corrected chi connectivity index (χ4v) is 5.69. The highest BCUT2D eigenvalue weighted by Crippen LogP contribution is 2.63. The molecule has 0 bridgehead atoms. The van der Waals surface area contributed by atoms with Crippen molar-refractivity contribution >= 4 is 58.7 Å². The summed E-state index contributed by atoms with van der Waals surface area (Å²) < 4.78 is 28.6. The third-order valence-corrected chi connectivity index (χ3v) is 7.09. The molecule has 0 N–H and O–H groups in total. The van der Waals surface area contributed by atoms with Gasteiger partial charge in [0.05, 0.1) is 18.7 Å². The minimum Gasteiger partial charge on any atom is -0.495 e. The van der Waals surface area contributed by atoms with E-state index in [1.54, 1.807) is 25.1 Å². The Morgan fingerprint density at radius 2 is 2.00 bits per heavy atom. The van der Waals surface area contributed by atoms with Crippen LogP contribution in [0.4, 0.5) is 0 Å². The van der Waals surface area contributed by atoms with Gasteiger partial charge in [-0.25, -0.2) is 4.57 Å². The summed E-state index contributed by atoms with van der Waals surface area (Å²) in [5.74, 6) is 1.17. The molecule has 0 spiro atoms. The van der Waals surface area contributed by atoms with Gasteiger partial charge in [-0.1, -0.05) is 41.7 Å². The van der Waals surface area contributed by atoms with E-state index in [4.69, 9.17) is 48.6 Å². The first kappa shape index (κ1) is 21.0. The molecule has 0 fully saturated rings. The predicted molar refractivity (Wildman–Crippen MR) is 99.7 cm³/mol. The molecule has 0 saturated carbocycles. The van der Waals surface area contributed by atoms with Gasteiger partial charge in [0, 0.05) is 11.3 Å². The maximum absolute atomic E-state index is 12.8. The SMILES string of the molecule is CCCSP(=O)(OCC)OC(=C(Cl)Cl)c1ccc(OC)c(Cl)c1. The van der Waals surface area contributed by atoms with E-state index in [1.165, 1.54) is 7.11 Å².